The summed E-state index contributed by atoms with van der Waals surface area (Å²) in [6, 6.07) is 14.8. The van der Waals surface area contributed by atoms with E-state index in [1.54, 1.807) is 37.3 Å². The molecule has 0 aliphatic carbocycles. The van der Waals surface area contributed by atoms with Crippen molar-refractivity contribution in [2.75, 3.05) is 26.0 Å². The molecule has 33 heavy (non-hydrogen) atoms. The topological polar surface area (TPSA) is 128 Å². The molecule has 1 N–H and O–H groups in total. The van der Waals surface area contributed by atoms with Gasteiger partial charge in [0.25, 0.3) is 11.5 Å². The molecular weight excluding hydrogens is 448 g/mol. The molecule has 0 saturated carbocycles. The standard InChI is InChI=1S/C22H22N4O6S/c1-4-32-22(29)20-18(14-19(27)26(24-20)16-8-6-5-7-9-16)23-21(28)15-10-12-17(13-11-15)33(30,31)25(2)3/h5-14H,4H2,1-3H3,(H,23,28). The summed E-state index contributed by atoms with van der Waals surface area (Å²) in [5.41, 5.74) is -0.392. The van der Waals surface area contributed by atoms with E-state index in [4.69, 9.17) is 4.74 Å². The van der Waals surface area contributed by atoms with Gasteiger partial charge >= 0.3 is 5.97 Å². The highest BCUT2D eigenvalue weighted by atomic mass is 32.2. The van der Waals surface area contributed by atoms with Crippen molar-refractivity contribution < 1.29 is 22.7 Å². The molecule has 0 aliphatic rings. The Morgan fingerprint density at radius 2 is 1.70 bits per heavy atom. The van der Waals surface area contributed by atoms with Crippen LogP contribution in [-0.4, -0.2) is 55.1 Å². The first-order chi connectivity index (χ1) is 15.6. The number of para-hydroxylation sites is 1. The van der Waals surface area contributed by atoms with Crippen LogP contribution in [-0.2, 0) is 14.8 Å². The molecule has 1 amide bonds. The molecule has 3 aromatic rings. The normalized spacial score (nSPS) is 11.3. The second kappa shape index (κ2) is 9.76. The molecule has 0 spiro atoms. The van der Waals surface area contributed by atoms with Crippen LogP contribution in [0.1, 0.15) is 27.8 Å². The fourth-order valence-corrected chi connectivity index (χ4v) is 3.74. The molecule has 2 aromatic carbocycles. The van der Waals surface area contributed by atoms with E-state index in [1.807, 2.05) is 0 Å². The Morgan fingerprint density at radius 1 is 1.06 bits per heavy atom. The van der Waals surface area contributed by atoms with Gasteiger partial charge < -0.3 is 10.1 Å². The van der Waals surface area contributed by atoms with Gasteiger partial charge in [0, 0.05) is 25.7 Å². The predicted octanol–water partition coefficient (Wildman–Crippen LogP) is 1.91. The van der Waals surface area contributed by atoms with Crippen LogP contribution in [0.2, 0.25) is 0 Å². The summed E-state index contributed by atoms with van der Waals surface area (Å²) < 4.78 is 31.5. The largest absolute Gasteiger partial charge is 0.461 e. The third-order valence-corrected chi connectivity index (χ3v) is 6.37. The summed E-state index contributed by atoms with van der Waals surface area (Å²) in [7, 11) is -0.852. The van der Waals surface area contributed by atoms with Crippen LogP contribution in [0.25, 0.3) is 5.69 Å². The molecule has 11 heteroatoms. The summed E-state index contributed by atoms with van der Waals surface area (Å²) in [4.78, 5) is 37.9. The smallest absolute Gasteiger partial charge is 0.360 e. The number of anilines is 1. The maximum atomic E-state index is 12.7. The lowest BCUT2D eigenvalue weighted by Crippen LogP contribution is -2.27. The lowest BCUT2D eigenvalue weighted by atomic mass is 10.2. The van der Waals surface area contributed by atoms with Crippen molar-refractivity contribution in [1.29, 1.82) is 0 Å². The Hall–Kier alpha value is -3.83. The molecule has 0 atom stereocenters. The minimum atomic E-state index is -3.65. The first-order valence-corrected chi connectivity index (χ1v) is 11.3. The molecule has 0 saturated heterocycles. The van der Waals surface area contributed by atoms with E-state index in [0.29, 0.717) is 5.69 Å². The Balaban J connectivity index is 1.97. The van der Waals surface area contributed by atoms with Crippen molar-refractivity contribution in [3.05, 3.63) is 82.3 Å². The first-order valence-electron chi connectivity index (χ1n) is 9.86. The fourth-order valence-electron chi connectivity index (χ4n) is 2.84. The van der Waals surface area contributed by atoms with Crippen molar-refractivity contribution in [2.24, 2.45) is 0 Å². The van der Waals surface area contributed by atoms with Gasteiger partial charge in [-0.15, -0.1) is 0 Å². The number of carbonyl (C=O) groups is 2. The third kappa shape index (κ3) is 5.16. The van der Waals surface area contributed by atoms with Crippen LogP contribution in [0.3, 0.4) is 0 Å². The SMILES string of the molecule is CCOC(=O)c1nn(-c2ccccc2)c(=O)cc1NC(=O)c1ccc(S(=O)(=O)N(C)C)cc1. The van der Waals surface area contributed by atoms with E-state index >= 15 is 0 Å². The van der Waals surface area contributed by atoms with Crippen molar-refractivity contribution in [3.8, 4) is 5.69 Å². The Labute approximate surface area is 190 Å². The molecule has 0 bridgehead atoms. The molecule has 0 unspecified atom stereocenters. The Bertz CT molecular complexity index is 1330. The molecule has 0 radical (unpaired) electrons. The van der Waals surface area contributed by atoms with Gasteiger partial charge in [0.15, 0.2) is 5.69 Å². The highest BCUT2D eigenvalue weighted by molar-refractivity contribution is 7.89. The van der Waals surface area contributed by atoms with Gasteiger partial charge in [-0.1, -0.05) is 18.2 Å². The summed E-state index contributed by atoms with van der Waals surface area (Å²) in [5.74, 6) is -1.47. The second-order valence-electron chi connectivity index (χ2n) is 6.98. The number of aromatic nitrogens is 2. The number of ether oxygens (including phenoxy) is 1. The van der Waals surface area contributed by atoms with Crippen molar-refractivity contribution >= 4 is 27.6 Å². The number of sulfonamides is 1. The van der Waals surface area contributed by atoms with E-state index in [0.717, 1.165) is 15.1 Å². The number of hydrogen-bond donors (Lipinski definition) is 1. The zero-order chi connectivity index (χ0) is 24.2. The van der Waals surface area contributed by atoms with Gasteiger partial charge in [0.05, 0.1) is 22.9 Å². The zero-order valence-corrected chi connectivity index (χ0v) is 19.0. The quantitative estimate of drug-likeness (QED) is 0.523. The highest BCUT2D eigenvalue weighted by Crippen LogP contribution is 2.17. The lowest BCUT2D eigenvalue weighted by molar-refractivity contribution is 0.0518. The Kier molecular flexibility index (Phi) is 7.04. The molecule has 172 valence electrons. The van der Waals surface area contributed by atoms with Gasteiger partial charge in [0.2, 0.25) is 10.0 Å². The summed E-state index contributed by atoms with van der Waals surface area (Å²) in [5, 5.41) is 6.59. The third-order valence-electron chi connectivity index (χ3n) is 4.54. The number of esters is 1. The summed E-state index contributed by atoms with van der Waals surface area (Å²) >= 11 is 0. The summed E-state index contributed by atoms with van der Waals surface area (Å²) in [6.07, 6.45) is 0. The average Bonchev–Trinajstić information content (AvgIpc) is 2.79. The van der Waals surface area contributed by atoms with E-state index in [2.05, 4.69) is 10.4 Å². The van der Waals surface area contributed by atoms with E-state index in [1.165, 1.54) is 38.4 Å². The zero-order valence-electron chi connectivity index (χ0n) is 18.2. The molecule has 0 fully saturated rings. The fraction of sp³-hybridized carbons (Fsp3) is 0.182. The minimum absolute atomic E-state index is 0.0170. The van der Waals surface area contributed by atoms with E-state index < -0.39 is 27.5 Å². The first kappa shape index (κ1) is 23.8. The number of carbonyl (C=O) groups excluding carboxylic acids is 2. The van der Waals surface area contributed by atoms with Crippen molar-refractivity contribution in [3.63, 3.8) is 0 Å². The van der Waals surface area contributed by atoms with E-state index in [9.17, 15) is 22.8 Å². The minimum Gasteiger partial charge on any atom is -0.461 e. The van der Waals surface area contributed by atoms with Crippen molar-refractivity contribution in [1.82, 2.24) is 14.1 Å². The monoisotopic (exact) mass is 470 g/mol. The molecule has 3 rings (SSSR count). The number of nitrogens with zero attached hydrogens (tertiary/aromatic N) is 3. The molecule has 1 heterocycles. The molecule has 0 aliphatic heterocycles. The van der Waals surface area contributed by atoms with Crippen LogP contribution >= 0.6 is 0 Å². The number of rotatable bonds is 7. The van der Waals surface area contributed by atoms with Gasteiger partial charge in [-0.2, -0.15) is 9.78 Å². The van der Waals surface area contributed by atoms with Crippen LogP contribution in [0.4, 0.5) is 5.69 Å². The molecule has 1 aromatic heterocycles. The van der Waals surface area contributed by atoms with Crippen molar-refractivity contribution in [2.45, 2.75) is 11.8 Å². The van der Waals surface area contributed by atoms with E-state index in [-0.39, 0.29) is 28.4 Å². The summed E-state index contributed by atoms with van der Waals surface area (Å²) in [6.45, 7) is 1.69. The number of benzene rings is 2. The van der Waals surface area contributed by atoms with Crippen LogP contribution in [0, 0.1) is 0 Å². The maximum Gasteiger partial charge on any atom is 0.360 e. The highest BCUT2D eigenvalue weighted by Gasteiger charge is 2.21. The van der Waals surface area contributed by atoms with Gasteiger partial charge in [-0.25, -0.2) is 17.5 Å². The maximum absolute atomic E-state index is 12.7. The van der Waals surface area contributed by atoms with Crippen LogP contribution in [0.15, 0.2) is 70.4 Å². The van der Waals surface area contributed by atoms with Gasteiger partial charge in [-0.05, 0) is 43.3 Å². The average molecular weight is 471 g/mol. The number of nitrogens with one attached hydrogen (secondary N) is 1. The van der Waals surface area contributed by atoms with Gasteiger partial charge in [0.1, 0.15) is 0 Å². The van der Waals surface area contributed by atoms with Crippen LogP contribution in [0.5, 0.6) is 0 Å². The number of hydrogen-bond acceptors (Lipinski definition) is 7. The Morgan fingerprint density at radius 3 is 2.27 bits per heavy atom. The second-order valence-corrected chi connectivity index (χ2v) is 9.13. The van der Waals surface area contributed by atoms with Crippen LogP contribution < -0.4 is 10.9 Å². The lowest BCUT2D eigenvalue weighted by Gasteiger charge is -2.13. The molecule has 10 nitrogen and oxygen atoms in total. The predicted molar refractivity (Wildman–Crippen MR) is 121 cm³/mol. The van der Waals surface area contributed by atoms with Gasteiger partial charge in [-0.3, -0.25) is 9.59 Å². The number of amides is 1. The molecular formula is C22H22N4O6S.